The number of hydrogen-bond donors (Lipinski definition) is 2. The van der Waals surface area contributed by atoms with Gasteiger partial charge in [0, 0.05) is 24.4 Å². The SMILES string of the molecule is COc1ccc(OC)c2c1c(/C(O)=C/C(=O)C(=O)O)cn2Cc1ccc(F)cc1. The molecule has 0 bridgehead atoms. The summed E-state index contributed by atoms with van der Waals surface area (Å²) < 4.78 is 25.8. The minimum atomic E-state index is -1.68. The predicted molar refractivity (Wildman–Crippen MR) is 104 cm³/mol. The molecule has 1 heterocycles. The van der Waals surface area contributed by atoms with Crippen molar-refractivity contribution >= 4 is 28.4 Å². The fourth-order valence-corrected chi connectivity index (χ4v) is 3.09. The smallest absolute Gasteiger partial charge is 0.376 e. The number of methoxy groups -OCH3 is 2. The number of ether oxygens (including phenoxy) is 2. The molecule has 0 fully saturated rings. The van der Waals surface area contributed by atoms with Gasteiger partial charge in [-0.25, -0.2) is 9.18 Å². The fourth-order valence-electron chi connectivity index (χ4n) is 3.09. The van der Waals surface area contributed by atoms with Gasteiger partial charge < -0.3 is 24.3 Å². The van der Waals surface area contributed by atoms with Gasteiger partial charge in [-0.1, -0.05) is 12.1 Å². The highest BCUT2D eigenvalue weighted by Crippen LogP contribution is 2.39. The van der Waals surface area contributed by atoms with Crippen molar-refractivity contribution in [2.75, 3.05) is 14.2 Å². The summed E-state index contributed by atoms with van der Waals surface area (Å²) in [5, 5.41) is 19.7. The number of benzene rings is 2. The Morgan fingerprint density at radius 1 is 1.03 bits per heavy atom. The Morgan fingerprint density at radius 3 is 2.24 bits per heavy atom. The topological polar surface area (TPSA) is 98.0 Å². The molecule has 150 valence electrons. The molecule has 3 aromatic rings. The standard InChI is InChI=1S/C21H18FNO6/c1-28-17-7-8-18(29-2)20-19(17)14(15(24)9-16(25)21(26)27)11-23(20)10-12-3-5-13(22)6-4-12/h3-9,11,24H,10H2,1-2H3,(H,26,27)/b15-9-. The molecular weight excluding hydrogens is 381 g/mol. The third kappa shape index (κ3) is 3.91. The van der Waals surface area contributed by atoms with E-state index in [1.807, 2.05) is 0 Å². The van der Waals surface area contributed by atoms with E-state index in [4.69, 9.17) is 14.6 Å². The number of carboxylic acid groups (broad SMARTS) is 1. The number of aliphatic carboxylic acids is 1. The Balaban J connectivity index is 2.24. The van der Waals surface area contributed by atoms with Gasteiger partial charge in [0.05, 0.1) is 25.1 Å². The molecule has 0 spiro atoms. The zero-order valence-corrected chi connectivity index (χ0v) is 15.7. The summed E-state index contributed by atoms with van der Waals surface area (Å²) in [6.45, 7) is 0.306. The molecule has 3 rings (SSSR count). The van der Waals surface area contributed by atoms with Gasteiger partial charge in [-0.3, -0.25) is 4.79 Å². The highest BCUT2D eigenvalue weighted by molar-refractivity contribution is 6.38. The maximum absolute atomic E-state index is 13.2. The molecule has 0 saturated carbocycles. The van der Waals surface area contributed by atoms with E-state index in [9.17, 15) is 19.1 Å². The van der Waals surface area contributed by atoms with Gasteiger partial charge in [-0.05, 0) is 29.8 Å². The number of hydrogen-bond acceptors (Lipinski definition) is 5. The zero-order valence-electron chi connectivity index (χ0n) is 15.7. The largest absolute Gasteiger partial charge is 0.507 e. The normalized spacial score (nSPS) is 11.5. The lowest BCUT2D eigenvalue weighted by molar-refractivity contribution is -0.146. The van der Waals surface area contributed by atoms with E-state index in [0.29, 0.717) is 35.0 Å². The van der Waals surface area contributed by atoms with Gasteiger partial charge >= 0.3 is 5.97 Å². The summed E-state index contributed by atoms with van der Waals surface area (Å²) in [6.07, 6.45) is 2.19. The summed E-state index contributed by atoms with van der Waals surface area (Å²) in [6, 6.07) is 9.24. The first-order valence-corrected chi connectivity index (χ1v) is 8.52. The number of aliphatic hydroxyl groups excluding tert-OH is 1. The number of halogens is 1. The second-order valence-corrected chi connectivity index (χ2v) is 6.19. The Labute approximate surface area is 165 Å². The van der Waals surface area contributed by atoms with Gasteiger partial charge in [-0.15, -0.1) is 0 Å². The first kappa shape index (κ1) is 19.9. The highest BCUT2D eigenvalue weighted by Gasteiger charge is 2.21. The lowest BCUT2D eigenvalue weighted by Gasteiger charge is -2.11. The minimum absolute atomic E-state index is 0.201. The summed E-state index contributed by atoms with van der Waals surface area (Å²) in [5.74, 6) is -2.95. The van der Waals surface area contributed by atoms with E-state index < -0.39 is 17.5 Å². The summed E-state index contributed by atoms with van der Waals surface area (Å²) in [7, 11) is 2.94. The summed E-state index contributed by atoms with van der Waals surface area (Å²) >= 11 is 0. The number of aromatic nitrogens is 1. The second-order valence-electron chi connectivity index (χ2n) is 6.19. The van der Waals surface area contributed by atoms with Crippen LogP contribution < -0.4 is 9.47 Å². The van der Waals surface area contributed by atoms with E-state index in [2.05, 4.69) is 0 Å². The third-order valence-electron chi connectivity index (χ3n) is 4.40. The third-order valence-corrected chi connectivity index (χ3v) is 4.40. The van der Waals surface area contributed by atoms with Gasteiger partial charge in [0.25, 0.3) is 5.78 Å². The molecule has 0 unspecified atom stereocenters. The number of ketones is 1. The number of carboxylic acids is 1. The second kappa shape index (κ2) is 8.05. The number of carbonyl (C=O) groups excluding carboxylic acids is 1. The van der Waals surface area contributed by atoms with Crippen LogP contribution in [0, 0.1) is 5.82 Å². The summed E-state index contributed by atoms with van der Waals surface area (Å²) in [5.41, 5.74) is 1.55. The number of carbonyl (C=O) groups is 2. The molecule has 0 atom stereocenters. The van der Waals surface area contributed by atoms with E-state index in [1.165, 1.54) is 26.4 Å². The van der Waals surface area contributed by atoms with Crippen LogP contribution in [-0.2, 0) is 16.1 Å². The van der Waals surface area contributed by atoms with Crippen LogP contribution in [-0.4, -0.2) is 40.8 Å². The maximum Gasteiger partial charge on any atom is 0.376 e. The molecule has 0 radical (unpaired) electrons. The zero-order chi connectivity index (χ0) is 21.1. The predicted octanol–water partition coefficient (Wildman–Crippen LogP) is 3.40. The van der Waals surface area contributed by atoms with E-state index in [-0.39, 0.29) is 11.4 Å². The molecule has 0 aliphatic heterocycles. The van der Waals surface area contributed by atoms with Crippen LogP contribution in [0.1, 0.15) is 11.1 Å². The highest BCUT2D eigenvalue weighted by atomic mass is 19.1. The lowest BCUT2D eigenvalue weighted by Crippen LogP contribution is -2.09. The maximum atomic E-state index is 13.2. The van der Waals surface area contributed by atoms with Crippen molar-refractivity contribution in [1.82, 2.24) is 4.57 Å². The average molecular weight is 399 g/mol. The Bertz CT molecular complexity index is 1110. The number of nitrogens with zero attached hydrogens (tertiary/aromatic N) is 1. The Hall–Kier alpha value is -3.81. The van der Waals surface area contributed by atoms with Crippen LogP contribution >= 0.6 is 0 Å². The molecule has 8 heteroatoms. The molecule has 0 saturated heterocycles. The van der Waals surface area contributed by atoms with Crippen LogP contribution in [0.5, 0.6) is 11.5 Å². The van der Waals surface area contributed by atoms with Crippen molar-refractivity contribution in [2.45, 2.75) is 6.54 Å². The van der Waals surface area contributed by atoms with Crippen molar-refractivity contribution < 1.29 is 33.7 Å². The Morgan fingerprint density at radius 2 is 1.66 bits per heavy atom. The molecule has 0 aliphatic rings. The molecule has 0 aliphatic carbocycles. The van der Waals surface area contributed by atoms with Gasteiger partial charge in [0.15, 0.2) is 0 Å². The lowest BCUT2D eigenvalue weighted by atomic mass is 10.1. The van der Waals surface area contributed by atoms with E-state index in [0.717, 1.165) is 5.56 Å². The van der Waals surface area contributed by atoms with Crippen molar-refractivity contribution in [1.29, 1.82) is 0 Å². The fraction of sp³-hybridized carbons (Fsp3) is 0.143. The van der Waals surface area contributed by atoms with Crippen molar-refractivity contribution in [3.05, 3.63) is 65.6 Å². The van der Waals surface area contributed by atoms with Gasteiger partial charge in [-0.2, -0.15) is 0 Å². The first-order chi connectivity index (χ1) is 13.8. The molecule has 1 aromatic heterocycles. The minimum Gasteiger partial charge on any atom is -0.507 e. The van der Waals surface area contributed by atoms with Crippen LogP contribution in [0.3, 0.4) is 0 Å². The molecule has 0 amide bonds. The van der Waals surface area contributed by atoms with Crippen LogP contribution in [0.4, 0.5) is 4.39 Å². The van der Waals surface area contributed by atoms with E-state index >= 15 is 0 Å². The number of rotatable bonds is 7. The monoisotopic (exact) mass is 399 g/mol. The van der Waals surface area contributed by atoms with E-state index in [1.54, 1.807) is 35.0 Å². The van der Waals surface area contributed by atoms with Crippen LogP contribution in [0.2, 0.25) is 0 Å². The van der Waals surface area contributed by atoms with Crippen LogP contribution in [0.15, 0.2) is 48.7 Å². The van der Waals surface area contributed by atoms with Crippen molar-refractivity contribution in [2.24, 2.45) is 0 Å². The molecule has 2 N–H and O–H groups in total. The summed E-state index contributed by atoms with van der Waals surface area (Å²) in [4.78, 5) is 22.4. The Kier molecular flexibility index (Phi) is 5.54. The quantitative estimate of drug-likeness (QED) is 0.359. The van der Waals surface area contributed by atoms with Crippen molar-refractivity contribution in [3.63, 3.8) is 0 Å². The number of aliphatic hydroxyl groups is 1. The van der Waals surface area contributed by atoms with Gasteiger partial charge in [0.1, 0.15) is 23.1 Å². The van der Waals surface area contributed by atoms with Gasteiger partial charge in [0.2, 0.25) is 0 Å². The van der Waals surface area contributed by atoms with Crippen LogP contribution in [0.25, 0.3) is 16.7 Å². The molecule has 29 heavy (non-hydrogen) atoms. The molecule has 7 nitrogen and oxygen atoms in total. The van der Waals surface area contributed by atoms with Crippen molar-refractivity contribution in [3.8, 4) is 11.5 Å². The molecular formula is C21H18FNO6. The number of fused-ring (bicyclic) bond motifs is 1. The first-order valence-electron chi connectivity index (χ1n) is 8.52. The average Bonchev–Trinajstić information content (AvgIpc) is 3.08. The molecule has 2 aromatic carbocycles.